The molecule has 1 unspecified atom stereocenters. The molecule has 0 bridgehead atoms. The molecule has 5 heteroatoms. The van der Waals surface area contributed by atoms with Gasteiger partial charge in [0.05, 0.1) is 0 Å². The first-order valence-corrected chi connectivity index (χ1v) is 6.96. The average molecular weight is 258 g/mol. The van der Waals surface area contributed by atoms with Crippen molar-refractivity contribution < 1.29 is 13.6 Å². The van der Waals surface area contributed by atoms with Crippen LogP contribution in [-0.2, 0) is 4.79 Å². The molecule has 0 aromatic rings. The largest absolute Gasteiger partial charge is 0.339 e. The molecule has 0 N–H and O–H groups in total. The lowest BCUT2D eigenvalue weighted by Gasteiger charge is -2.46. The van der Waals surface area contributed by atoms with Crippen LogP contribution in [0.4, 0.5) is 8.78 Å². The minimum absolute atomic E-state index is 0.0414. The minimum atomic E-state index is -2.56. The van der Waals surface area contributed by atoms with Gasteiger partial charge in [0.1, 0.15) is 0 Å². The van der Waals surface area contributed by atoms with E-state index in [0.29, 0.717) is 6.04 Å². The Balaban J connectivity index is 1.40. The van der Waals surface area contributed by atoms with Crippen molar-refractivity contribution in [1.29, 1.82) is 0 Å². The van der Waals surface area contributed by atoms with Crippen LogP contribution in [0.25, 0.3) is 0 Å². The van der Waals surface area contributed by atoms with Crippen LogP contribution in [0.1, 0.15) is 32.1 Å². The van der Waals surface area contributed by atoms with Crippen LogP contribution in [0, 0.1) is 5.92 Å². The summed E-state index contributed by atoms with van der Waals surface area (Å²) in [6.45, 7) is 3.76. The van der Waals surface area contributed by atoms with Gasteiger partial charge in [0.15, 0.2) is 0 Å². The molecule has 3 fully saturated rings. The van der Waals surface area contributed by atoms with Crippen LogP contribution >= 0.6 is 0 Å². The van der Waals surface area contributed by atoms with Crippen LogP contribution in [0.2, 0.25) is 0 Å². The number of carbonyl (C=O) groups is 1. The van der Waals surface area contributed by atoms with Crippen molar-refractivity contribution in [2.75, 3.05) is 26.2 Å². The van der Waals surface area contributed by atoms with Crippen LogP contribution in [0.15, 0.2) is 0 Å². The van der Waals surface area contributed by atoms with E-state index in [2.05, 4.69) is 4.90 Å². The number of alkyl halides is 2. The first-order chi connectivity index (χ1) is 8.56. The molecule has 3 nitrogen and oxygen atoms in total. The monoisotopic (exact) mass is 258 g/mol. The van der Waals surface area contributed by atoms with Gasteiger partial charge in [-0.15, -0.1) is 0 Å². The lowest BCUT2D eigenvalue weighted by molar-refractivity contribution is -0.140. The smallest absolute Gasteiger partial charge is 0.252 e. The van der Waals surface area contributed by atoms with Gasteiger partial charge in [-0.05, 0) is 25.9 Å². The molecule has 0 aromatic carbocycles. The molecule has 18 heavy (non-hydrogen) atoms. The van der Waals surface area contributed by atoms with E-state index in [0.717, 1.165) is 26.2 Å². The summed E-state index contributed by atoms with van der Waals surface area (Å²) in [5, 5.41) is 0. The number of rotatable bonds is 3. The van der Waals surface area contributed by atoms with Gasteiger partial charge in [-0.25, -0.2) is 8.78 Å². The summed E-state index contributed by atoms with van der Waals surface area (Å²) >= 11 is 0. The van der Waals surface area contributed by atoms with E-state index in [-0.39, 0.29) is 18.7 Å². The molecule has 0 spiro atoms. The Hall–Kier alpha value is -0.710. The Bertz CT molecular complexity index is 336. The number of piperidine rings is 1. The maximum atomic E-state index is 12.7. The SMILES string of the molecule is O=C(CC1CC1(F)F)N1CC(N2CCCCC2)C1. The molecule has 1 saturated carbocycles. The van der Waals surface area contributed by atoms with Crippen LogP contribution in [0.3, 0.4) is 0 Å². The molecule has 0 aromatic heterocycles. The highest BCUT2D eigenvalue weighted by atomic mass is 19.3. The third kappa shape index (κ3) is 2.37. The van der Waals surface area contributed by atoms with Gasteiger partial charge in [0, 0.05) is 37.9 Å². The fourth-order valence-corrected chi connectivity index (χ4v) is 3.00. The van der Waals surface area contributed by atoms with Crippen LogP contribution in [-0.4, -0.2) is 53.9 Å². The predicted octanol–water partition coefficient (Wildman–Crippen LogP) is 1.73. The summed E-state index contributed by atoms with van der Waals surface area (Å²) in [5.74, 6) is -3.32. The molecular weight excluding hydrogens is 238 g/mol. The number of likely N-dealkylation sites (tertiary alicyclic amines) is 2. The number of halogens is 2. The number of nitrogens with zero attached hydrogens (tertiary/aromatic N) is 2. The fourth-order valence-electron chi connectivity index (χ4n) is 3.00. The molecule has 1 atom stereocenters. The average Bonchev–Trinajstić information content (AvgIpc) is 2.85. The van der Waals surface area contributed by atoms with E-state index < -0.39 is 11.8 Å². The lowest BCUT2D eigenvalue weighted by Crippen LogP contribution is -2.61. The molecule has 3 aliphatic rings. The molecule has 1 amide bonds. The Morgan fingerprint density at radius 3 is 2.33 bits per heavy atom. The molecular formula is C13H20F2N2O. The quantitative estimate of drug-likeness (QED) is 0.769. The van der Waals surface area contributed by atoms with Gasteiger partial charge in [0.2, 0.25) is 5.91 Å². The second kappa shape index (κ2) is 4.44. The molecule has 102 valence electrons. The number of carbonyl (C=O) groups excluding carboxylic acids is 1. The third-order valence-electron chi connectivity index (χ3n) is 4.50. The lowest BCUT2D eigenvalue weighted by atomic mass is 10.0. The fraction of sp³-hybridized carbons (Fsp3) is 0.923. The highest BCUT2D eigenvalue weighted by molar-refractivity contribution is 5.78. The van der Waals surface area contributed by atoms with Gasteiger partial charge in [-0.1, -0.05) is 6.42 Å². The normalized spacial score (nSPS) is 32.1. The standard InChI is InChI=1S/C13H20F2N2O/c14-13(15)7-10(13)6-12(18)17-8-11(9-17)16-4-2-1-3-5-16/h10-11H,1-9H2. The van der Waals surface area contributed by atoms with Crippen molar-refractivity contribution in [3.63, 3.8) is 0 Å². The predicted molar refractivity (Wildman–Crippen MR) is 63.5 cm³/mol. The van der Waals surface area contributed by atoms with Crippen molar-refractivity contribution in [2.24, 2.45) is 5.92 Å². The topological polar surface area (TPSA) is 23.6 Å². The molecule has 2 heterocycles. The second-order valence-corrected chi connectivity index (χ2v) is 5.92. The van der Waals surface area contributed by atoms with E-state index in [1.807, 2.05) is 0 Å². The summed E-state index contributed by atoms with van der Waals surface area (Å²) < 4.78 is 25.5. The first kappa shape index (κ1) is 12.3. The number of amides is 1. The summed E-state index contributed by atoms with van der Waals surface area (Å²) in [7, 11) is 0. The van der Waals surface area contributed by atoms with Gasteiger partial charge < -0.3 is 4.90 Å². The van der Waals surface area contributed by atoms with E-state index >= 15 is 0 Å². The molecule has 1 aliphatic carbocycles. The van der Waals surface area contributed by atoms with Gasteiger partial charge in [-0.2, -0.15) is 0 Å². The Kier molecular flexibility index (Phi) is 3.04. The van der Waals surface area contributed by atoms with E-state index in [4.69, 9.17) is 0 Å². The summed E-state index contributed by atoms with van der Waals surface area (Å²) in [6, 6.07) is 0.481. The molecule has 2 saturated heterocycles. The summed E-state index contributed by atoms with van der Waals surface area (Å²) in [5.41, 5.74) is 0. The third-order valence-corrected chi connectivity index (χ3v) is 4.50. The van der Waals surface area contributed by atoms with Crippen molar-refractivity contribution in [1.82, 2.24) is 9.80 Å². The van der Waals surface area contributed by atoms with Crippen molar-refractivity contribution in [2.45, 2.75) is 44.1 Å². The summed E-state index contributed by atoms with van der Waals surface area (Å²) in [6.07, 6.45) is 3.75. The Morgan fingerprint density at radius 1 is 1.17 bits per heavy atom. The number of hydrogen-bond donors (Lipinski definition) is 0. The van der Waals surface area contributed by atoms with Gasteiger partial charge in [0.25, 0.3) is 5.92 Å². The maximum Gasteiger partial charge on any atom is 0.252 e. The maximum absolute atomic E-state index is 12.7. The van der Waals surface area contributed by atoms with Crippen LogP contribution < -0.4 is 0 Å². The zero-order valence-electron chi connectivity index (χ0n) is 10.6. The van der Waals surface area contributed by atoms with E-state index in [1.54, 1.807) is 4.90 Å². The van der Waals surface area contributed by atoms with E-state index in [1.165, 1.54) is 19.3 Å². The zero-order chi connectivity index (χ0) is 12.8. The Morgan fingerprint density at radius 2 is 1.78 bits per heavy atom. The highest BCUT2D eigenvalue weighted by Crippen LogP contribution is 2.50. The highest BCUT2D eigenvalue weighted by Gasteiger charge is 2.57. The molecule has 2 aliphatic heterocycles. The van der Waals surface area contributed by atoms with Crippen molar-refractivity contribution >= 4 is 5.91 Å². The first-order valence-electron chi connectivity index (χ1n) is 6.96. The van der Waals surface area contributed by atoms with E-state index in [9.17, 15) is 13.6 Å². The van der Waals surface area contributed by atoms with Crippen molar-refractivity contribution in [3.05, 3.63) is 0 Å². The molecule has 3 rings (SSSR count). The number of hydrogen-bond acceptors (Lipinski definition) is 2. The van der Waals surface area contributed by atoms with Crippen molar-refractivity contribution in [3.8, 4) is 0 Å². The zero-order valence-corrected chi connectivity index (χ0v) is 10.6. The van der Waals surface area contributed by atoms with Crippen LogP contribution in [0.5, 0.6) is 0 Å². The molecule has 0 radical (unpaired) electrons. The second-order valence-electron chi connectivity index (χ2n) is 5.92. The van der Waals surface area contributed by atoms with Gasteiger partial charge in [-0.3, -0.25) is 9.69 Å². The Labute approximate surface area is 106 Å². The van der Waals surface area contributed by atoms with Gasteiger partial charge >= 0.3 is 0 Å². The minimum Gasteiger partial charge on any atom is -0.339 e. The summed E-state index contributed by atoms with van der Waals surface area (Å²) in [4.78, 5) is 16.0.